The van der Waals surface area contributed by atoms with E-state index in [9.17, 15) is 4.79 Å². The van der Waals surface area contributed by atoms with Crippen molar-refractivity contribution in [2.45, 2.75) is 20.8 Å². The van der Waals surface area contributed by atoms with E-state index < -0.39 is 0 Å². The normalized spacial score (nSPS) is 10.8. The highest BCUT2D eigenvalue weighted by Gasteiger charge is 2.12. The monoisotopic (exact) mass is 279 g/mol. The fourth-order valence-electron chi connectivity index (χ4n) is 2.39. The quantitative estimate of drug-likeness (QED) is 0.749. The number of para-hydroxylation sites is 2. The van der Waals surface area contributed by atoms with E-state index in [1.165, 1.54) is 12.5 Å². The fourth-order valence-corrected chi connectivity index (χ4v) is 2.39. The van der Waals surface area contributed by atoms with Crippen LogP contribution >= 0.6 is 0 Å². The minimum atomic E-state index is -0.0874. The zero-order valence-corrected chi connectivity index (χ0v) is 12.3. The Morgan fingerprint density at radius 2 is 1.86 bits per heavy atom. The Morgan fingerprint density at radius 1 is 1.14 bits per heavy atom. The number of hydrogen-bond donors (Lipinski definition) is 2. The highest BCUT2D eigenvalue weighted by Crippen LogP contribution is 2.30. The van der Waals surface area contributed by atoms with Crippen LogP contribution in [0.3, 0.4) is 0 Å². The van der Waals surface area contributed by atoms with Crippen LogP contribution < -0.4 is 5.32 Å². The van der Waals surface area contributed by atoms with Gasteiger partial charge in [0.2, 0.25) is 5.91 Å². The Balaban J connectivity index is 2.19. The third-order valence-electron chi connectivity index (χ3n) is 3.59. The largest absolute Gasteiger partial charge is 0.338 e. The van der Waals surface area contributed by atoms with Crippen molar-refractivity contribution >= 4 is 22.6 Å². The van der Waals surface area contributed by atoms with Crippen molar-refractivity contribution in [3.05, 3.63) is 47.5 Å². The van der Waals surface area contributed by atoms with Gasteiger partial charge in [-0.15, -0.1) is 0 Å². The lowest BCUT2D eigenvalue weighted by Crippen LogP contribution is -2.08. The maximum atomic E-state index is 11.4. The molecule has 0 saturated heterocycles. The fraction of sp³-hybridized carbons (Fsp3) is 0.176. The zero-order valence-electron chi connectivity index (χ0n) is 12.3. The first-order chi connectivity index (χ1) is 10.0. The molecular weight excluding hydrogens is 262 g/mol. The lowest BCUT2D eigenvalue weighted by molar-refractivity contribution is -0.114. The van der Waals surface area contributed by atoms with Gasteiger partial charge in [0.1, 0.15) is 5.82 Å². The van der Waals surface area contributed by atoms with E-state index in [4.69, 9.17) is 0 Å². The lowest BCUT2D eigenvalue weighted by Gasteiger charge is -2.11. The third-order valence-corrected chi connectivity index (χ3v) is 3.59. The van der Waals surface area contributed by atoms with E-state index in [0.717, 1.165) is 33.7 Å². The number of carbonyl (C=O) groups excluding carboxylic acids is 1. The van der Waals surface area contributed by atoms with Gasteiger partial charge in [-0.25, -0.2) is 4.98 Å². The topological polar surface area (TPSA) is 57.8 Å². The van der Waals surface area contributed by atoms with Gasteiger partial charge < -0.3 is 10.3 Å². The molecule has 0 saturated carbocycles. The van der Waals surface area contributed by atoms with E-state index >= 15 is 0 Å². The molecule has 0 atom stereocenters. The first kappa shape index (κ1) is 13.4. The predicted octanol–water partition coefficient (Wildman–Crippen LogP) is 3.81. The molecule has 0 aliphatic heterocycles. The number of hydrogen-bond acceptors (Lipinski definition) is 2. The van der Waals surface area contributed by atoms with E-state index in [2.05, 4.69) is 28.3 Å². The molecule has 2 N–H and O–H groups in total. The van der Waals surface area contributed by atoms with E-state index in [1.807, 2.05) is 37.3 Å². The number of aromatic nitrogens is 2. The molecule has 0 aliphatic carbocycles. The minimum absolute atomic E-state index is 0.0874. The van der Waals surface area contributed by atoms with Gasteiger partial charge >= 0.3 is 0 Å². The number of carbonyl (C=O) groups is 1. The number of anilines is 1. The summed E-state index contributed by atoms with van der Waals surface area (Å²) in [6.45, 7) is 5.60. The molecule has 3 aromatic rings. The summed E-state index contributed by atoms with van der Waals surface area (Å²) in [5, 5.41) is 2.89. The van der Waals surface area contributed by atoms with Crippen LogP contribution in [0.4, 0.5) is 5.69 Å². The number of benzene rings is 2. The standard InChI is InChI=1S/C17H17N3O/c1-10-8-13(16(9-11(10)2)18-12(3)21)17-19-14-6-4-5-7-15(14)20-17/h4-9H,1-3H3,(H,18,21)(H,19,20). The van der Waals surface area contributed by atoms with E-state index in [1.54, 1.807) is 0 Å². The van der Waals surface area contributed by atoms with Gasteiger partial charge in [-0.2, -0.15) is 0 Å². The number of amides is 1. The number of aryl methyl sites for hydroxylation is 2. The first-order valence-corrected chi connectivity index (χ1v) is 6.88. The maximum Gasteiger partial charge on any atom is 0.221 e. The Labute approximate surface area is 123 Å². The van der Waals surface area contributed by atoms with Gasteiger partial charge in [0.25, 0.3) is 0 Å². The van der Waals surface area contributed by atoms with Crippen LogP contribution in [-0.2, 0) is 4.79 Å². The average Bonchev–Trinajstić information content (AvgIpc) is 2.85. The summed E-state index contributed by atoms with van der Waals surface area (Å²) in [5.74, 6) is 0.679. The minimum Gasteiger partial charge on any atom is -0.338 e. The second kappa shape index (κ2) is 5.05. The Kier molecular flexibility index (Phi) is 3.22. The highest BCUT2D eigenvalue weighted by molar-refractivity contribution is 5.94. The molecule has 0 fully saturated rings. The van der Waals surface area contributed by atoms with Crippen molar-refractivity contribution in [1.82, 2.24) is 9.97 Å². The molecule has 21 heavy (non-hydrogen) atoms. The van der Waals surface area contributed by atoms with E-state index in [0.29, 0.717) is 0 Å². The number of aromatic amines is 1. The summed E-state index contributed by atoms with van der Waals surface area (Å²) in [6.07, 6.45) is 0. The maximum absolute atomic E-state index is 11.4. The number of imidazole rings is 1. The smallest absolute Gasteiger partial charge is 0.221 e. The number of H-pyrrole nitrogens is 1. The van der Waals surface area contributed by atoms with Crippen LogP contribution in [0.25, 0.3) is 22.4 Å². The summed E-state index contributed by atoms with van der Waals surface area (Å²) >= 11 is 0. The van der Waals surface area contributed by atoms with Crippen molar-refractivity contribution < 1.29 is 4.79 Å². The van der Waals surface area contributed by atoms with Crippen molar-refractivity contribution in [2.75, 3.05) is 5.32 Å². The lowest BCUT2D eigenvalue weighted by atomic mass is 10.0. The Bertz CT molecular complexity index is 800. The van der Waals surface area contributed by atoms with Crippen LogP contribution in [0.1, 0.15) is 18.1 Å². The number of nitrogens with one attached hydrogen (secondary N) is 2. The van der Waals surface area contributed by atoms with Crippen LogP contribution in [0.2, 0.25) is 0 Å². The molecule has 1 heterocycles. The Morgan fingerprint density at radius 3 is 2.57 bits per heavy atom. The van der Waals surface area contributed by atoms with Crippen molar-refractivity contribution in [2.24, 2.45) is 0 Å². The van der Waals surface area contributed by atoms with Crippen LogP contribution in [0, 0.1) is 13.8 Å². The number of rotatable bonds is 2. The molecule has 4 heteroatoms. The molecule has 0 radical (unpaired) electrons. The number of nitrogens with zero attached hydrogens (tertiary/aromatic N) is 1. The Hall–Kier alpha value is -2.62. The number of fused-ring (bicyclic) bond motifs is 1. The molecule has 1 aromatic heterocycles. The molecule has 1 amide bonds. The van der Waals surface area contributed by atoms with Gasteiger partial charge in [-0.1, -0.05) is 12.1 Å². The van der Waals surface area contributed by atoms with Crippen molar-refractivity contribution in [1.29, 1.82) is 0 Å². The molecule has 3 rings (SSSR count). The summed E-state index contributed by atoms with van der Waals surface area (Å²) in [7, 11) is 0. The first-order valence-electron chi connectivity index (χ1n) is 6.88. The summed E-state index contributed by atoms with van der Waals surface area (Å²) < 4.78 is 0. The van der Waals surface area contributed by atoms with Gasteiger partial charge in [0.05, 0.1) is 16.7 Å². The molecular formula is C17H17N3O. The van der Waals surface area contributed by atoms with Gasteiger partial charge in [-0.05, 0) is 49.2 Å². The van der Waals surface area contributed by atoms with Gasteiger partial charge in [-0.3, -0.25) is 4.79 Å². The third kappa shape index (κ3) is 2.52. The molecule has 106 valence electrons. The molecule has 0 spiro atoms. The summed E-state index contributed by atoms with van der Waals surface area (Å²) in [4.78, 5) is 19.3. The van der Waals surface area contributed by atoms with Gasteiger partial charge in [0.15, 0.2) is 0 Å². The van der Waals surface area contributed by atoms with Crippen molar-refractivity contribution in [3.8, 4) is 11.4 Å². The summed E-state index contributed by atoms with van der Waals surface area (Å²) in [5.41, 5.74) is 5.89. The van der Waals surface area contributed by atoms with Crippen LogP contribution in [0.15, 0.2) is 36.4 Å². The van der Waals surface area contributed by atoms with Crippen LogP contribution in [-0.4, -0.2) is 15.9 Å². The van der Waals surface area contributed by atoms with Crippen molar-refractivity contribution in [3.63, 3.8) is 0 Å². The second-order valence-electron chi connectivity index (χ2n) is 5.27. The SMILES string of the molecule is CC(=O)Nc1cc(C)c(C)cc1-c1nc2ccccc2[nH]1. The summed E-state index contributed by atoms with van der Waals surface area (Å²) in [6, 6.07) is 11.9. The highest BCUT2D eigenvalue weighted by atomic mass is 16.1. The van der Waals surface area contributed by atoms with E-state index in [-0.39, 0.29) is 5.91 Å². The molecule has 0 bridgehead atoms. The van der Waals surface area contributed by atoms with Gasteiger partial charge in [0, 0.05) is 12.5 Å². The predicted molar refractivity (Wildman–Crippen MR) is 85.3 cm³/mol. The molecule has 4 nitrogen and oxygen atoms in total. The second-order valence-corrected chi connectivity index (χ2v) is 5.27. The average molecular weight is 279 g/mol. The zero-order chi connectivity index (χ0) is 15.0. The molecule has 0 unspecified atom stereocenters. The molecule has 0 aliphatic rings. The molecule has 2 aromatic carbocycles. The van der Waals surface area contributed by atoms with Crippen LogP contribution in [0.5, 0.6) is 0 Å².